The van der Waals surface area contributed by atoms with Gasteiger partial charge in [0, 0.05) is 18.1 Å². The summed E-state index contributed by atoms with van der Waals surface area (Å²) in [5.74, 6) is 0. The van der Waals surface area contributed by atoms with Crippen LogP contribution in [-0.4, -0.2) is 62.7 Å². The van der Waals surface area contributed by atoms with E-state index in [1.54, 1.807) is 0 Å². The molecule has 0 radical (unpaired) electrons. The fraction of sp³-hybridized carbons (Fsp3) is 1.00. The van der Waals surface area contributed by atoms with Gasteiger partial charge in [0.2, 0.25) is 0 Å². The first-order valence-corrected chi connectivity index (χ1v) is 7.53. The van der Waals surface area contributed by atoms with Crippen molar-refractivity contribution in [2.75, 3.05) is 41.3 Å². The molecule has 1 saturated carbocycles. The zero-order valence-corrected chi connectivity index (χ0v) is 13.1. The van der Waals surface area contributed by atoms with Gasteiger partial charge >= 0.3 is 0 Å². The topological polar surface area (TPSA) is 18.5 Å². The van der Waals surface area contributed by atoms with Gasteiger partial charge in [0.25, 0.3) is 0 Å². The normalized spacial score (nSPS) is 20.2. The molecule has 0 aromatic carbocycles. The highest BCUT2D eigenvalue weighted by molar-refractivity contribution is 4.97. The Hall–Kier alpha value is -0.120. The molecule has 1 rings (SSSR count). The highest BCUT2D eigenvalue weighted by Crippen LogP contribution is 2.36. The van der Waals surface area contributed by atoms with E-state index < -0.39 is 0 Å². The van der Waals surface area contributed by atoms with E-state index in [4.69, 9.17) is 0 Å². The van der Waals surface area contributed by atoms with Crippen molar-refractivity contribution in [3.63, 3.8) is 0 Å². The molecule has 0 spiro atoms. The van der Waals surface area contributed by atoms with Crippen LogP contribution >= 0.6 is 0 Å². The van der Waals surface area contributed by atoms with Gasteiger partial charge in [-0.3, -0.25) is 0 Å². The van der Waals surface area contributed by atoms with Gasteiger partial charge < -0.3 is 15.1 Å². The Bertz CT molecular complexity index is 224. The third-order valence-corrected chi connectivity index (χ3v) is 4.72. The van der Waals surface area contributed by atoms with Gasteiger partial charge in [-0.25, -0.2) is 0 Å². The van der Waals surface area contributed by atoms with Crippen LogP contribution in [0.2, 0.25) is 0 Å². The second-order valence-electron chi connectivity index (χ2n) is 6.40. The lowest BCUT2D eigenvalue weighted by Crippen LogP contribution is -2.56. The molecular formula is C15H33N3. The third-order valence-electron chi connectivity index (χ3n) is 4.72. The first-order valence-electron chi connectivity index (χ1n) is 7.53. The van der Waals surface area contributed by atoms with E-state index in [-0.39, 0.29) is 0 Å². The highest BCUT2D eigenvalue weighted by atomic mass is 15.2. The second kappa shape index (κ2) is 7.46. The lowest BCUT2D eigenvalue weighted by atomic mass is 9.75. The smallest absolute Gasteiger partial charge is 0.0330 e. The predicted molar refractivity (Wildman–Crippen MR) is 80.1 cm³/mol. The lowest BCUT2D eigenvalue weighted by molar-refractivity contribution is 0.0275. The van der Waals surface area contributed by atoms with Crippen molar-refractivity contribution in [1.29, 1.82) is 0 Å². The molecule has 1 unspecified atom stereocenters. The monoisotopic (exact) mass is 255 g/mol. The van der Waals surface area contributed by atoms with Crippen molar-refractivity contribution >= 4 is 0 Å². The molecule has 3 heteroatoms. The zero-order chi connectivity index (χ0) is 13.6. The molecule has 0 aromatic heterocycles. The average Bonchev–Trinajstić information content (AvgIpc) is 2.28. The summed E-state index contributed by atoms with van der Waals surface area (Å²) in [6.45, 7) is 4.74. The molecule has 0 saturated heterocycles. The molecule has 0 bridgehead atoms. The molecule has 1 aliphatic rings. The molecule has 0 amide bonds. The number of nitrogens with zero attached hydrogens (tertiary/aromatic N) is 2. The summed E-state index contributed by atoms with van der Waals surface area (Å²) in [5.41, 5.74) is 0.479. The van der Waals surface area contributed by atoms with Gasteiger partial charge in [-0.2, -0.15) is 0 Å². The molecule has 18 heavy (non-hydrogen) atoms. The van der Waals surface area contributed by atoms with E-state index in [2.05, 4.69) is 43.2 Å². The van der Waals surface area contributed by atoms with Crippen LogP contribution in [0.5, 0.6) is 0 Å². The molecular weight excluding hydrogens is 222 g/mol. The Labute approximate surface area is 114 Å². The van der Waals surface area contributed by atoms with Crippen LogP contribution in [0.3, 0.4) is 0 Å². The van der Waals surface area contributed by atoms with Crippen LogP contribution in [0.15, 0.2) is 0 Å². The Morgan fingerprint density at radius 2 is 1.83 bits per heavy atom. The van der Waals surface area contributed by atoms with Crippen LogP contribution in [-0.2, 0) is 0 Å². The maximum Gasteiger partial charge on any atom is 0.0330 e. The minimum atomic E-state index is 0.479. The summed E-state index contributed by atoms with van der Waals surface area (Å²) in [6, 6.07) is 0.662. The average molecular weight is 255 g/mol. The van der Waals surface area contributed by atoms with Gasteiger partial charge in [-0.15, -0.1) is 0 Å². The van der Waals surface area contributed by atoms with Crippen LogP contribution in [0.25, 0.3) is 0 Å². The van der Waals surface area contributed by atoms with E-state index in [9.17, 15) is 0 Å². The van der Waals surface area contributed by atoms with E-state index in [0.717, 1.165) is 0 Å². The number of rotatable bonds is 9. The molecule has 0 aromatic rings. The number of hydrogen-bond acceptors (Lipinski definition) is 3. The molecule has 0 aliphatic heterocycles. The summed E-state index contributed by atoms with van der Waals surface area (Å²) in [7, 11) is 8.81. The van der Waals surface area contributed by atoms with Gasteiger partial charge in [0.15, 0.2) is 0 Å². The quantitative estimate of drug-likeness (QED) is 0.637. The maximum atomic E-state index is 3.30. The van der Waals surface area contributed by atoms with Crippen molar-refractivity contribution in [3.8, 4) is 0 Å². The second-order valence-corrected chi connectivity index (χ2v) is 6.40. The molecule has 1 fully saturated rings. The van der Waals surface area contributed by atoms with E-state index >= 15 is 0 Å². The van der Waals surface area contributed by atoms with Crippen molar-refractivity contribution in [1.82, 2.24) is 15.1 Å². The molecule has 1 aliphatic carbocycles. The summed E-state index contributed by atoms with van der Waals surface area (Å²) < 4.78 is 0. The molecule has 1 N–H and O–H groups in total. The van der Waals surface area contributed by atoms with Gasteiger partial charge in [-0.05, 0) is 73.8 Å². The fourth-order valence-corrected chi connectivity index (χ4v) is 2.89. The van der Waals surface area contributed by atoms with Crippen molar-refractivity contribution < 1.29 is 0 Å². The molecule has 0 heterocycles. The molecule has 1 atom stereocenters. The predicted octanol–water partition coefficient (Wildman–Crippen LogP) is 2.18. The number of unbranched alkanes of at least 4 members (excludes halogenated alkanes) is 1. The standard InChI is InChI=1S/C15H33N3/c1-14(16-2)9-6-7-12-18(5)13-15(17(3)4)10-8-11-15/h14,16H,6-13H2,1-5H3. The Morgan fingerprint density at radius 3 is 2.28 bits per heavy atom. The first kappa shape index (κ1) is 15.9. The van der Waals surface area contributed by atoms with Gasteiger partial charge in [0.1, 0.15) is 0 Å². The highest BCUT2D eigenvalue weighted by Gasteiger charge is 2.39. The fourth-order valence-electron chi connectivity index (χ4n) is 2.89. The van der Waals surface area contributed by atoms with Crippen molar-refractivity contribution in [3.05, 3.63) is 0 Å². The minimum absolute atomic E-state index is 0.479. The Morgan fingerprint density at radius 1 is 1.17 bits per heavy atom. The summed E-state index contributed by atoms with van der Waals surface area (Å²) in [4.78, 5) is 4.97. The van der Waals surface area contributed by atoms with Crippen LogP contribution in [0, 0.1) is 0 Å². The minimum Gasteiger partial charge on any atom is -0.317 e. The van der Waals surface area contributed by atoms with Crippen LogP contribution in [0.1, 0.15) is 45.4 Å². The summed E-state index contributed by atoms with van der Waals surface area (Å²) >= 11 is 0. The first-order chi connectivity index (χ1) is 8.50. The molecule has 108 valence electrons. The summed E-state index contributed by atoms with van der Waals surface area (Å²) in [6.07, 6.45) is 8.12. The maximum absolute atomic E-state index is 3.30. The Kier molecular flexibility index (Phi) is 6.61. The third kappa shape index (κ3) is 4.52. The SMILES string of the molecule is CNC(C)CCCCN(C)CC1(N(C)C)CCC1. The molecule has 3 nitrogen and oxygen atoms in total. The zero-order valence-electron chi connectivity index (χ0n) is 13.1. The number of hydrogen-bond donors (Lipinski definition) is 1. The van der Waals surface area contributed by atoms with E-state index in [1.165, 1.54) is 51.6 Å². The Balaban J connectivity index is 2.15. The number of likely N-dealkylation sites (N-methyl/N-ethyl adjacent to an activating group) is 2. The van der Waals surface area contributed by atoms with E-state index in [1.807, 2.05) is 7.05 Å². The van der Waals surface area contributed by atoms with Crippen LogP contribution < -0.4 is 5.32 Å². The van der Waals surface area contributed by atoms with Gasteiger partial charge in [0.05, 0.1) is 0 Å². The largest absolute Gasteiger partial charge is 0.317 e. The van der Waals surface area contributed by atoms with Crippen molar-refractivity contribution in [2.45, 2.75) is 57.0 Å². The number of nitrogens with one attached hydrogen (secondary N) is 1. The summed E-state index contributed by atoms with van der Waals surface area (Å²) in [5, 5.41) is 3.30. The van der Waals surface area contributed by atoms with Crippen molar-refractivity contribution in [2.24, 2.45) is 0 Å². The van der Waals surface area contributed by atoms with Crippen LogP contribution in [0.4, 0.5) is 0 Å². The van der Waals surface area contributed by atoms with Gasteiger partial charge in [-0.1, -0.05) is 6.42 Å². The lowest BCUT2D eigenvalue weighted by Gasteiger charge is -2.49. The van der Waals surface area contributed by atoms with E-state index in [0.29, 0.717) is 11.6 Å².